The van der Waals surface area contributed by atoms with E-state index in [2.05, 4.69) is 6.92 Å². The van der Waals surface area contributed by atoms with Crippen molar-refractivity contribution in [1.29, 1.82) is 0 Å². The topological polar surface area (TPSA) is 55.6 Å². The molecule has 1 atom stereocenters. The monoisotopic (exact) mass is 328 g/mol. The molecule has 24 heavy (non-hydrogen) atoms. The van der Waals surface area contributed by atoms with Crippen LogP contribution in [0.1, 0.15) is 31.7 Å². The van der Waals surface area contributed by atoms with Gasteiger partial charge in [0.25, 0.3) is 5.91 Å². The van der Waals surface area contributed by atoms with Gasteiger partial charge in [0, 0.05) is 11.3 Å². The van der Waals surface area contributed by atoms with E-state index in [4.69, 9.17) is 10.5 Å². The summed E-state index contributed by atoms with van der Waals surface area (Å²) in [6.07, 6.45) is 2.35. The van der Waals surface area contributed by atoms with Crippen molar-refractivity contribution >= 4 is 17.3 Å². The van der Waals surface area contributed by atoms with Crippen molar-refractivity contribution < 1.29 is 13.9 Å². The first-order chi connectivity index (χ1) is 11.5. The molecule has 1 amide bonds. The number of rotatable bonds is 5. The largest absolute Gasteiger partial charge is 0.497 e. The van der Waals surface area contributed by atoms with E-state index < -0.39 is 5.54 Å². The molecule has 2 aromatic rings. The van der Waals surface area contributed by atoms with Crippen LogP contribution in [-0.4, -0.2) is 13.0 Å². The summed E-state index contributed by atoms with van der Waals surface area (Å²) in [6.45, 7) is 2.06. The highest BCUT2D eigenvalue weighted by Crippen LogP contribution is 2.46. The van der Waals surface area contributed by atoms with Crippen molar-refractivity contribution in [3.63, 3.8) is 0 Å². The molecule has 126 valence electrons. The molecule has 0 spiro atoms. The first-order valence-electron chi connectivity index (χ1n) is 8.09. The number of hydrogen-bond donors (Lipinski definition) is 1. The summed E-state index contributed by atoms with van der Waals surface area (Å²) >= 11 is 0. The molecule has 3 rings (SSSR count). The SMILES string of the molecule is CCCCC1(N)C(=O)N(c2ccc(F)cc2)c2ccc(OC)cc21. The highest BCUT2D eigenvalue weighted by molar-refractivity contribution is 6.12. The fourth-order valence-corrected chi connectivity index (χ4v) is 3.16. The predicted molar refractivity (Wildman–Crippen MR) is 91.9 cm³/mol. The number of fused-ring (bicyclic) bond motifs is 1. The Morgan fingerprint density at radius 1 is 1.21 bits per heavy atom. The minimum atomic E-state index is -1.09. The average molecular weight is 328 g/mol. The Morgan fingerprint density at radius 2 is 1.92 bits per heavy atom. The van der Waals surface area contributed by atoms with E-state index in [1.165, 1.54) is 12.1 Å². The molecule has 0 saturated heterocycles. The molecule has 1 heterocycles. The van der Waals surface area contributed by atoms with Crippen LogP contribution in [0.3, 0.4) is 0 Å². The third-order valence-corrected chi connectivity index (χ3v) is 4.52. The van der Waals surface area contributed by atoms with Crippen LogP contribution in [0, 0.1) is 5.82 Å². The van der Waals surface area contributed by atoms with Gasteiger partial charge in [0.05, 0.1) is 12.8 Å². The quantitative estimate of drug-likeness (QED) is 0.907. The van der Waals surface area contributed by atoms with Crippen LogP contribution in [0.15, 0.2) is 42.5 Å². The van der Waals surface area contributed by atoms with E-state index in [1.807, 2.05) is 12.1 Å². The third kappa shape index (κ3) is 2.55. The maximum absolute atomic E-state index is 13.2. The first-order valence-corrected chi connectivity index (χ1v) is 8.09. The van der Waals surface area contributed by atoms with Gasteiger partial charge in [-0.05, 0) is 48.9 Å². The maximum atomic E-state index is 13.2. The van der Waals surface area contributed by atoms with Gasteiger partial charge >= 0.3 is 0 Å². The maximum Gasteiger partial charge on any atom is 0.256 e. The predicted octanol–water partition coefficient (Wildman–Crippen LogP) is 3.86. The summed E-state index contributed by atoms with van der Waals surface area (Å²) in [5.41, 5.74) is 7.56. The van der Waals surface area contributed by atoms with E-state index in [-0.39, 0.29) is 11.7 Å². The molecular formula is C19H21FN2O2. The van der Waals surface area contributed by atoms with Gasteiger partial charge in [0.1, 0.15) is 17.1 Å². The molecule has 0 aromatic heterocycles. The van der Waals surface area contributed by atoms with Gasteiger partial charge in [0.2, 0.25) is 0 Å². The Hall–Kier alpha value is -2.40. The van der Waals surface area contributed by atoms with Crippen molar-refractivity contribution in [1.82, 2.24) is 0 Å². The second-order valence-electron chi connectivity index (χ2n) is 6.07. The number of methoxy groups -OCH3 is 1. The summed E-state index contributed by atoms with van der Waals surface area (Å²) in [5, 5.41) is 0. The van der Waals surface area contributed by atoms with Crippen molar-refractivity contribution in [2.75, 3.05) is 12.0 Å². The third-order valence-electron chi connectivity index (χ3n) is 4.52. The standard InChI is InChI=1S/C19H21FN2O2/c1-3-4-11-19(21)16-12-15(24-2)9-10-17(16)22(18(19)23)14-7-5-13(20)6-8-14/h5-10,12H,3-4,11,21H2,1-2H3. The van der Waals surface area contributed by atoms with Crippen molar-refractivity contribution in [3.05, 3.63) is 53.8 Å². The zero-order valence-corrected chi connectivity index (χ0v) is 13.9. The second kappa shape index (κ2) is 6.24. The Morgan fingerprint density at radius 3 is 2.54 bits per heavy atom. The summed E-state index contributed by atoms with van der Waals surface area (Å²) in [7, 11) is 1.58. The summed E-state index contributed by atoms with van der Waals surface area (Å²) in [4.78, 5) is 14.7. The minimum absolute atomic E-state index is 0.189. The van der Waals surface area contributed by atoms with E-state index in [0.717, 1.165) is 24.1 Å². The summed E-state index contributed by atoms with van der Waals surface area (Å²) in [5.74, 6) is 0.130. The van der Waals surface area contributed by atoms with Gasteiger partial charge in [-0.3, -0.25) is 9.69 Å². The Bertz CT molecular complexity index is 760. The first kappa shape index (κ1) is 16.5. The number of nitrogens with zero attached hydrogens (tertiary/aromatic N) is 1. The minimum Gasteiger partial charge on any atom is -0.497 e. The van der Waals surface area contributed by atoms with Crippen LogP contribution in [0.5, 0.6) is 5.75 Å². The molecule has 1 aliphatic rings. The Labute approximate surface area is 141 Å². The fraction of sp³-hybridized carbons (Fsp3) is 0.316. The molecule has 4 nitrogen and oxygen atoms in total. The number of unbranched alkanes of at least 4 members (excludes halogenated alkanes) is 1. The lowest BCUT2D eigenvalue weighted by Crippen LogP contribution is -2.46. The zero-order chi connectivity index (χ0) is 17.3. The van der Waals surface area contributed by atoms with E-state index in [1.54, 1.807) is 30.2 Å². The number of benzene rings is 2. The lowest BCUT2D eigenvalue weighted by molar-refractivity contribution is -0.122. The number of anilines is 2. The average Bonchev–Trinajstić information content (AvgIpc) is 2.82. The van der Waals surface area contributed by atoms with Crippen LogP contribution in [0.4, 0.5) is 15.8 Å². The van der Waals surface area contributed by atoms with E-state index >= 15 is 0 Å². The molecule has 5 heteroatoms. The lowest BCUT2D eigenvalue weighted by Gasteiger charge is -2.24. The van der Waals surface area contributed by atoms with Gasteiger partial charge in [-0.25, -0.2) is 4.39 Å². The summed E-state index contributed by atoms with van der Waals surface area (Å²) in [6, 6.07) is 11.3. The Kier molecular flexibility index (Phi) is 4.28. The van der Waals surface area contributed by atoms with Gasteiger partial charge < -0.3 is 10.5 Å². The molecule has 1 aliphatic heterocycles. The molecule has 2 N–H and O–H groups in total. The number of ether oxygens (including phenoxy) is 1. The number of carbonyl (C=O) groups excluding carboxylic acids is 1. The van der Waals surface area contributed by atoms with Crippen LogP contribution in [-0.2, 0) is 10.3 Å². The van der Waals surface area contributed by atoms with Gasteiger partial charge in [-0.1, -0.05) is 19.8 Å². The summed E-state index contributed by atoms with van der Waals surface area (Å²) < 4.78 is 18.5. The number of amides is 1. The van der Waals surface area contributed by atoms with Crippen LogP contribution in [0.25, 0.3) is 0 Å². The molecule has 0 saturated carbocycles. The van der Waals surface area contributed by atoms with Crippen LogP contribution >= 0.6 is 0 Å². The lowest BCUT2D eigenvalue weighted by atomic mass is 9.87. The molecule has 0 aliphatic carbocycles. The highest BCUT2D eigenvalue weighted by atomic mass is 19.1. The van der Waals surface area contributed by atoms with Crippen molar-refractivity contribution in [2.45, 2.75) is 31.7 Å². The molecule has 0 bridgehead atoms. The van der Waals surface area contributed by atoms with Crippen LogP contribution in [0.2, 0.25) is 0 Å². The number of halogens is 1. The van der Waals surface area contributed by atoms with Gasteiger partial charge in [0.15, 0.2) is 0 Å². The zero-order valence-electron chi connectivity index (χ0n) is 13.9. The molecule has 2 aromatic carbocycles. The number of hydrogen-bond acceptors (Lipinski definition) is 3. The number of carbonyl (C=O) groups is 1. The highest BCUT2D eigenvalue weighted by Gasteiger charge is 2.48. The number of nitrogens with two attached hydrogens (primary N) is 1. The van der Waals surface area contributed by atoms with Gasteiger partial charge in [-0.2, -0.15) is 0 Å². The second-order valence-corrected chi connectivity index (χ2v) is 6.07. The van der Waals surface area contributed by atoms with Crippen LogP contribution < -0.4 is 15.4 Å². The van der Waals surface area contributed by atoms with E-state index in [9.17, 15) is 9.18 Å². The van der Waals surface area contributed by atoms with Gasteiger partial charge in [-0.15, -0.1) is 0 Å². The van der Waals surface area contributed by atoms with Crippen molar-refractivity contribution in [3.8, 4) is 5.75 Å². The normalized spacial score (nSPS) is 19.5. The molecule has 0 fully saturated rings. The molecule has 0 radical (unpaired) electrons. The fourth-order valence-electron chi connectivity index (χ4n) is 3.16. The van der Waals surface area contributed by atoms with E-state index in [0.29, 0.717) is 17.9 Å². The smallest absolute Gasteiger partial charge is 0.256 e. The Balaban J connectivity index is 2.13. The van der Waals surface area contributed by atoms with Crippen molar-refractivity contribution in [2.24, 2.45) is 5.73 Å². The molecular weight excluding hydrogens is 307 g/mol. The molecule has 1 unspecified atom stereocenters.